The molecule has 0 unspecified atom stereocenters. The Morgan fingerprint density at radius 2 is 1.96 bits per heavy atom. The number of imide groups is 1. The molecule has 2 aromatic rings. The molecule has 0 aliphatic carbocycles. The minimum absolute atomic E-state index is 0.266. The van der Waals surface area contributed by atoms with E-state index in [4.69, 9.17) is 0 Å². The van der Waals surface area contributed by atoms with Crippen LogP contribution in [0.2, 0.25) is 0 Å². The van der Waals surface area contributed by atoms with E-state index in [0.29, 0.717) is 16.5 Å². The van der Waals surface area contributed by atoms with Crippen molar-refractivity contribution in [2.45, 2.75) is 13.0 Å². The second-order valence-electron chi connectivity index (χ2n) is 5.96. The Balaban J connectivity index is 1.59. The molecule has 2 aliphatic heterocycles. The summed E-state index contributed by atoms with van der Waals surface area (Å²) in [5.41, 5.74) is 3.28. The Kier molecular flexibility index (Phi) is 4.01. The van der Waals surface area contributed by atoms with E-state index in [1.807, 2.05) is 6.07 Å². The first kappa shape index (κ1) is 15.8. The molecule has 7 heteroatoms. The van der Waals surface area contributed by atoms with E-state index in [0.717, 1.165) is 36.2 Å². The average Bonchev–Trinajstić information content (AvgIpc) is 2.88. The molecule has 0 spiro atoms. The number of anilines is 1. The largest absolute Gasteiger partial charge is 0.336 e. The van der Waals surface area contributed by atoms with Crippen molar-refractivity contribution in [3.63, 3.8) is 0 Å². The predicted octanol–water partition coefficient (Wildman–Crippen LogP) is 2.71. The minimum Gasteiger partial charge on any atom is -0.336 e. The topological polar surface area (TPSA) is 66.4 Å². The van der Waals surface area contributed by atoms with Gasteiger partial charge in [0.2, 0.25) is 5.95 Å². The fourth-order valence-corrected chi connectivity index (χ4v) is 3.75. The lowest BCUT2D eigenvalue weighted by Gasteiger charge is -2.28. The average molecular weight is 352 g/mol. The molecule has 0 bridgehead atoms. The predicted molar refractivity (Wildman–Crippen MR) is 97.0 cm³/mol. The molecular weight excluding hydrogens is 336 g/mol. The maximum Gasteiger partial charge on any atom is 0.293 e. The van der Waals surface area contributed by atoms with Gasteiger partial charge in [0, 0.05) is 26.3 Å². The van der Waals surface area contributed by atoms with Crippen LogP contribution in [-0.4, -0.2) is 39.6 Å². The maximum absolute atomic E-state index is 12.0. The van der Waals surface area contributed by atoms with Crippen LogP contribution in [0, 0.1) is 0 Å². The molecule has 6 nitrogen and oxygen atoms in total. The first-order valence-corrected chi connectivity index (χ1v) is 8.80. The van der Waals surface area contributed by atoms with Gasteiger partial charge in [-0.2, -0.15) is 0 Å². The zero-order chi connectivity index (χ0) is 17.4. The maximum atomic E-state index is 12.0. The van der Waals surface area contributed by atoms with Crippen molar-refractivity contribution < 1.29 is 9.59 Å². The van der Waals surface area contributed by atoms with Crippen molar-refractivity contribution in [3.05, 3.63) is 58.3 Å². The number of hydrogen-bond acceptors (Lipinski definition) is 6. The highest BCUT2D eigenvalue weighted by Gasteiger charge is 2.32. The third-order valence-corrected chi connectivity index (χ3v) is 5.30. The SMILES string of the molecule is CN1C(=O)S/C(=C\c2ccnc(N3CCc4ccccc4C3)n2)C1=O. The summed E-state index contributed by atoms with van der Waals surface area (Å²) in [6.07, 6.45) is 4.29. The lowest BCUT2D eigenvalue weighted by atomic mass is 10.0. The number of carbonyl (C=O) groups excluding carboxylic acids is 2. The summed E-state index contributed by atoms with van der Waals surface area (Å²) in [4.78, 5) is 36.2. The van der Waals surface area contributed by atoms with Crippen LogP contribution >= 0.6 is 11.8 Å². The van der Waals surface area contributed by atoms with Crippen LogP contribution in [0.5, 0.6) is 0 Å². The molecular formula is C18H16N4O2S. The molecule has 0 saturated carbocycles. The molecule has 2 aliphatic rings. The van der Waals surface area contributed by atoms with Crippen molar-refractivity contribution in [1.29, 1.82) is 0 Å². The number of rotatable bonds is 2. The van der Waals surface area contributed by atoms with Gasteiger partial charge < -0.3 is 4.90 Å². The van der Waals surface area contributed by atoms with Crippen LogP contribution in [0.1, 0.15) is 16.8 Å². The highest BCUT2D eigenvalue weighted by Crippen LogP contribution is 2.31. The number of hydrogen-bond donors (Lipinski definition) is 0. The van der Waals surface area contributed by atoms with E-state index in [9.17, 15) is 9.59 Å². The van der Waals surface area contributed by atoms with Gasteiger partial charge in [0.1, 0.15) is 0 Å². The molecule has 25 heavy (non-hydrogen) atoms. The Morgan fingerprint density at radius 3 is 2.72 bits per heavy atom. The second kappa shape index (κ2) is 6.33. The summed E-state index contributed by atoms with van der Waals surface area (Å²) in [7, 11) is 1.48. The fourth-order valence-electron chi connectivity index (χ4n) is 2.94. The molecule has 4 rings (SSSR count). The van der Waals surface area contributed by atoms with E-state index in [2.05, 4.69) is 33.1 Å². The number of fused-ring (bicyclic) bond motifs is 1. The quantitative estimate of drug-likeness (QED) is 0.774. The molecule has 0 N–H and O–H groups in total. The second-order valence-corrected chi connectivity index (χ2v) is 6.96. The normalized spacial score (nSPS) is 18.8. The first-order chi connectivity index (χ1) is 12.1. The van der Waals surface area contributed by atoms with Crippen molar-refractivity contribution >= 4 is 34.9 Å². The van der Waals surface area contributed by atoms with E-state index in [-0.39, 0.29) is 11.1 Å². The van der Waals surface area contributed by atoms with Gasteiger partial charge in [-0.25, -0.2) is 9.97 Å². The van der Waals surface area contributed by atoms with Crippen LogP contribution in [0.3, 0.4) is 0 Å². The van der Waals surface area contributed by atoms with Crippen molar-refractivity contribution in [1.82, 2.24) is 14.9 Å². The summed E-state index contributed by atoms with van der Waals surface area (Å²) >= 11 is 0.933. The lowest BCUT2D eigenvalue weighted by molar-refractivity contribution is -0.121. The van der Waals surface area contributed by atoms with Crippen LogP contribution in [0.15, 0.2) is 41.4 Å². The van der Waals surface area contributed by atoms with E-state index in [1.165, 1.54) is 18.2 Å². The summed E-state index contributed by atoms with van der Waals surface area (Å²) in [5.74, 6) is 0.348. The number of aromatic nitrogens is 2. The standard InChI is InChI=1S/C18H16N4O2S/c1-21-16(23)15(25-18(21)24)10-14-6-8-19-17(20-14)22-9-7-12-4-2-3-5-13(12)11-22/h2-6,8,10H,7,9,11H2,1H3/b15-10-. The molecule has 1 saturated heterocycles. The monoisotopic (exact) mass is 352 g/mol. The first-order valence-electron chi connectivity index (χ1n) is 7.98. The highest BCUT2D eigenvalue weighted by atomic mass is 32.2. The third-order valence-electron chi connectivity index (χ3n) is 4.34. The summed E-state index contributed by atoms with van der Waals surface area (Å²) < 4.78 is 0. The smallest absolute Gasteiger partial charge is 0.293 e. The zero-order valence-corrected chi connectivity index (χ0v) is 14.5. The number of amides is 2. The van der Waals surface area contributed by atoms with Crippen LogP contribution in [-0.2, 0) is 17.8 Å². The van der Waals surface area contributed by atoms with Crippen molar-refractivity contribution in [2.75, 3.05) is 18.5 Å². The van der Waals surface area contributed by atoms with Gasteiger partial charge >= 0.3 is 0 Å². The molecule has 2 amide bonds. The van der Waals surface area contributed by atoms with Crippen LogP contribution < -0.4 is 4.90 Å². The Morgan fingerprint density at radius 1 is 1.16 bits per heavy atom. The van der Waals surface area contributed by atoms with E-state index >= 15 is 0 Å². The van der Waals surface area contributed by atoms with E-state index in [1.54, 1.807) is 18.3 Å². The summed E-state index contributed by atoms with van der Waals surface area (Å²) in [6.45, 7) is 1.62. The molecule has 3 heterocycles. The van der Waals surface area contributed by atoms with Gasteiger partial charge in [-0.1, -0.05) is 24.3 Å². The molecule has 0 atom stereocenters. The lowest BCUT2D eigenvalue weighted by Crippen LogP contribution is -2.31. The number of nitrogens with zero attached hydrogens (tertiary/aromatic N) is 4. The van der Waals surface area contributed by atoms with Gasteiger partial charge in [0.25, 0.3) is 11.1 Å². The fraction of sp³-hybridized carbons (Fsp3) is 0.222. The van der Waals surface area contributed by atoms with Gasteiger partial charge in [-0.3, -0.25) is 14.5 Å². The molecule has 126 valence electrons. The Labute approximate surface area is 149 Å². The van der Waals surface area contributed by atoms with Crippen LogP contribution in [0.25, 0.3) is 6.08 Å². The molecule has 1 fully saturated rings. The number of benzene rings is 1. The van der Waals surface area contributed by atoms with Crippen LogP contribution in [0.4, 0.5) is 10.7 Å². The van der Waals surface area contributed by atoms with Gasteiger partial charge in [-0.15, -0.1) is 0 Å². The molecule has 1 aromatic heterocycles. The zero-order valence-electron chi connectivity index (χ0n) is 13.7. The minimum atomic E-state index is -0.290. The highest BCUT2D eigenvalue weighted by molar-refractivity contribution is 8.18. The van der Waals surface area contributed by atoms with Crippen molar-refractivity contribution in [3.8, 4) is 0 Å². The number of likely N-dealkylation sites (N-methyl/N-ethyl adjacent to an activating group) is 1. The van der Waals surface area contributed by atoms with E-state index < -0.39 is 0 Å². The van der Waals surface area contributed by atoms with Gasteiger partial charge in [-0.05, 0) is 41.5 Å². The van der Waals surface area contributed by atoms with Crippen molar-refractivity contribution in [2.24, 2.45) is 0 Å². The summed E-state index contributed by atoms with van der Waals surface area (Å²) in [5, 5.41) is -0.266. The molecule has 1 aromatic carbocycles. The van der Waals surface area contributed by atoms with Gasteiger partial charge in [0.15, 0.2) is 0 Å². The summed E-state index contributed by atoms with van der Waals surface area (Å²) in [6, 6.07) is 10.1. The number of thioether (sulfide) groups is 1. The number of carbonyl (C=O) groups is 2. The molecule has 0 radical (unpaired) electrons. The Bertz CT molecular complexity index is 896. The Hall–Kier alpha value is -2.67. The third kappa shape index (κ3) is 3.02. The van der Waals surface area contributed by atoms with Gasteiger partial charge in [0.05, 0.1) is 10.6 Å².